The summed E-state index contributed by atoms with van der Waals surface area (Å²) in [7, 11) is 0. The highest BCUT2D eigenvalue weighted by molar-refractivity contribution is 5.64. The maximum atomic E-state index is 8.92. The van der Waals surface area contributed by atoms with Crippen LogP contribution in [0, 0.1) is 6.92 Å². The number of pyridine rings is 1. The van der Waals surface area contributed by atoms with Crippen molar-refractivity contribution in [3.8, 4) is 11.3 Å². The minimum atomic E-state index is 0.187. The van der Waals surface area contributed by atoms with E-state index in [0.717, 1.165) is 22.5 Å². The van der Waals surface area contributed by atoms with Crippen molar-refractivity contribution in [1.29, 1.82) is 0 Å². The van der Waals surface area contributed by atoms with Crippen LogP contribution in [0.2, 0.25) is 0 Å². The average Bonchev–Trinajstić information content (AvgIpc) is 2.85. The maximum Gasteiger partial charge on any atom is 0.140 e. The number of aryl methyl sites for hydroxylation is 1. The minimum absolute atomic E-state index is 0.187. The Morgan fingerprint density at radius 1 is 1.16 bits per heavy atom. The van der Waals surface area contributed by atoms with Gasteiger partial charge in [-0.25, -0.2) is 4.98 Å². The predicted molar refractivity (Wildman–Crippen MR) is 76.2 cm³/mol. The summed E-state index contributed by atoms with van der Waals surface area (Å²) >= 11 is 0. The zero-order chi connectivity index (χ0) is 13.2. The summed E-state index contributed by atoms with van der Waals surface area (Å²) < 4.78 is 2.05. The molecule has 1 aromatic carbocycles. The predicted octanol–water partition coefficient (Wildman–Crippen LogP) is 2.84. The van der Waals surface area contributed by atoms with Crippen LogP contribution in [0.15, 0.2) is 48.8 Å². The van der Waals surface area contributed by atoms with Crippen LogP contribution in [0.1, 0.15) is 11.1 Å². The molecule has 0 unspecified atom stereocenters. The molecule has 3 nitrogen and oxygen atoms in total. The van der Waals surface area contributed by atoms with Gasteiger partial charge in [0.15, 0.2) is 0 Å². The minimum Gasteiger partial charge on any atom is -0.396 e. The van der Waals surface area contributed by atoms with Gasteiger partial charge in [-0.1, -0.05) is 30.3 Å². The molecule has 3 rings (SSSR count). The first-order chi connectivity index (χ1) is 9.28. The molecule has 0 amide bonds. The molecule has 0 atom stereocenters. The highest BCUT2D eigenvalue weighted by Crippen LogP contribution is 2.21. The molecular formula is C16H16N2O. The van der Waals surface area contributed by atoms with E-state index >= 15 is 0 Å². The van der Waals surface area contributed by atoms with E-state index in [2.05, 4.69) is 30.1 Å². The summed E-state index contributed by atoms with van der Waals surface area (Å²) in [5.41, 5.74) is 5.39. The second kappa shape index (κ2) is 4.86. The molecule has 0 saturated heterocycles. The fourth-order valence-electron chi connectivity index (χ4n) is 2.26. The van der Waals surface area contributed by atoms with Crippen LogP contribution in [0.3, 0.4) is 0 Å². The van der Waals surface area contributed by atoms with Crippen molar-refractivity contribution in [3.63, 3.8) is 0 Å². The van der Waals surface area contributed by atoms with Gasteiger partial charge in [-0.15, -0.1) is 0 Å². The molecular weight excluding hydrogens is 236 g/mol. The Bertz CT molecular complexity index is 698. The van der Waals surface area contributed by atoms with Crippen molar-refractivity contribution in [3.05, 3.63) is 59.9 Å². The van der Waals surface area contributed by atoms with Crippen LogP contribution >= 0.6 is 0 Å². The van der Waals surface area contributed by atoms with Crippen molar-refractivity contribution in [1.82, 2.24) is 9.38 Å². The monoisotopic (exact) mass is 252 g/mol. The quantitative estimate of drug-likeness (QED) is 0.778. The van der Waals surface area contributed by atoms with Crippen LogP contribution in [-0.4, -0.2) is 21.1 Å². The highest BCUT2D eigenvalue weighted by Gasteiger charge is 2.05. The second-order valence-corrected chi connectivity index (χ2v) is 4.72. The van der Waals surface area contributed by atoms with E-state index in [1.54, 1.807) is 0 Å². The number of aliphatic hydroxyl groups is 1. The fraction of sp³-hybridized carbons (Fsp3) is 0.188. The van der Waals surface area contributed by atoms with Crippen LogP contribution in [-0.2, 0) is 6.42 Å². The van der Waals surface area contributed by atoms with E-state index < -0.39 is 0 Å². The van der Waals surface area contributed by atoms with Gasteiger partial charge in [0.1, 0.15) is 5.65 Å². The van der Waals surface area contributed by atoms with Crippen LogP contribution in [0.4, 0.5) is 0 Å². The molecule has 1 N–H and O–H groups in total. The lowest BCUT2D eigenvalue weighted by molar-refractivity contribution is 0.299. The molecule has 0 aliphatic carbocycles. The number of hydrogen-bond donors (Lipinski definition) is 1. The molecule has 0 aliphatic heterocycles. The van der Waals surface area contributed by atoms with Gasteiger partial charge < -0.3 is 9.51 Å². The lowest BCUT2D eigenvalue weighted by Crippen LogP contribution is -1.89. The van der Waals surface area contributed by atoms with E-state index in [1.165, 1.54) is 5.56 Å². The van der Waals surface area contributed by atoms with Gasteiger partial charge >= 0.3 is 0 Å². The molecule has 2 heterocycles. The summed E-state index contributed by atoms with van der Waals surface area (Å²) in [6.45, 7) is 2.25. The van der Waals surface area contributed by atoms with E-state index in [9.17, 15) is 0 Å². The third-order valence-electron chi connectivity index (χ3n) is 3.33. The Hall–Kier alpha value is -2.13. The van der Waals surface area contributed by atoms with E-state index in [-0.39, 0.29) is 6.61 Å². The number of rotatable bonds is 3. The Morgan fingerprint density at radius 3 is 2.63 bits per heavy atom. The van der Waals surface area contributed by atoms with Gasteiger partial charge in [-0.05, 0) is 30.5 Å². The standard InChI is InChI=1S/C16H16N2O/c1-12-3-2-9-18-11-15(17-16(12)18)14-6-4-13(5-7-14)8-10-19/h2-7,9,11,19H,8,10H2,1H3. The number of aliphatic hydroxyl groups excluding tert-OH is 1. The van der Waals surface area contributed by atoms with E-state index in [1.807, 2.05) is 35.0 Å². The normalized spacial score (nSPS) is 11.1. The smallest absolute Gasteiger partial charge is 0.140 e. The van der Waals surface area contributed by atoms with Crippen molar-refractivity contribution >= 4 is 5.65 Å². The van der Waals surface area contributed by atoms with Gasteiger partial charge in [0.2, 0.25) is 0 Å². The molecule has 0 fully saturated rings. The fourth-order valence-corrected chi connectivity index (χ4v) is 2.26. The molecule has 0 aliphatic rings. The second-order valence-electron chi connectivity index (χ2n) is 4.72. The Labute approximate surface area is 112 Å². The molecule has 2 aromatic heterocycles. The first kappa shape index (κ1) is 11.9. The lowest BCUT2D eigenvalue weighted by atomic mass is 10.1. The molecule has 0 spiro atoms. The third kappa shape index (κ3) is 2.25. The number of imidazole rings is 1. The first-order valence-corrected chi connectivity index (χ1v) is 6.42. The molecule has 3 aromatic rings. The maximum absolute atomic E-state index is 8.92. The largest absolute Gasteiger partial charge is 0.396 e. The van der Waals surface area contributed by atoms with Crippen molar-refractivity contribution in [2.24, 2.45) is 0 Å². The number of aromatic nitrogens is 2. The van der Waals surface area contributed by atoms with Gasteiger partial charge in [0.25, 0.3) is 0 Å². The Morgan fingerprint density at radius 2 is 1.95 bits per heavy atom. The summed E-state index contributed by atoms with van der Waals surface area (Å²) in [6.07, 6.45) is 4.76. The molecule has 3 heteroatoms. The first-order valence-electron chi connectivity index (χ1n) is 6.42. The topological polar surface area (TPSA) is 37.5 Å². The zero-order valence-electron chi connectivity index (χ0n) is 10.9. The van der Waals surface area contributed by atoms with Crippen molar-refractivity contribution in [2.45, 2.75) is 13.3 Å². The summed E-state index contributed by atoms with van der Waals surface area (Å²) in [4.78, 5) is 4.67. The zero-order valence-corrected chi connectivity index (χ0v) is 10.9. The molecule has 96 valence electrons. The van der Waals surface area contributed by atoms with Gasteiger partial charge in [0.05, 0.1) is 5.69 Å². The summed E-state index contributed by atoms with van der Waals surface area (Å²) in [5, 5.41) is 8.92. The summed E-state index contributed by atoms with van der Waals surface area (Å²) in [5.74, 6) is 0. The van der Waals surface area contributed by atoms with E-state index in [4.69, 9.17) is 5.11 Å². The molecule has 0 saturated carbocycles. The third-order valence-corrected chi connectivity index (χ3v) is 3.33. The number of hydrogen-bond acceptors (Lipinski definition) is 2. The van der Waals surface area contributed by atoms with Crippen LogP contribution < -0.4 is 0 Å². The van der Waals surface area contributed by atoms with Gasteiger partial charge in [-0.2, -0.15) is 0 Å². The average molecular weight is 252 g/mol. The summed E-state index contributed by atoms with van der Waals surface area (Å²) in [6, 6.07) is 12.3. The van der Waals surface area contributed by atoms with Crippen molar-refractivity contribution < 1.29 is 5.11 Å². The number of nitrogens with zero attached hydrogens (tertiary/aromatic N) is 2. The lowest BCUT2D eigenvalue weighted by Gasteiger charge is -2.00. The Balaban J connectivity index is 2.01. The van der Waals surface area contributed by atoms with Crippen molar-refractivity contribution in [2.75, 3.05) is 6.61 Å². The van der Waals surface area contributed by atoms with Crippen LogP contribution in [0.25, 0.3) is 16.9 Å². The van der Waals surface area contributed by atoms with Gasteiger partial charge in [-0.3, -0.25) is 0 Å². The SMILES string of the molecule is Cc1cccn2cc(-c3ccc(CCO)cc3)nc12. The molecule has 0 radical (unpaired) electrons. The molecule has 0 bridgehead atoms. The highest BCUT2D eigenvalue weighted by atomic mass is 16.2. The molecule has 19 heavy (non-hydrogen) atoms. The van der Waals surface area contributed by atoms with Gasteiger partial charge in [0, 0.05) is 24.6 Å². The number of benzene rings is 1. The number of fused-ring (bicyclic) bond motifs is 1. The van der Waals surface area contributed by atoms with E-state index in [0.29, 0.717) is 6.42 Å². The Kier molecular flexibility index (Phi) is 3.05. The van der Waals surface area contributed by atoms with Crippen LogP contribution in [0.5, 0.6) is 0 Å².